The Labute approximate surface area is 130 Å². The molecule has 19 heavy (non-hydrogen) atoms. The van der Waals surface area contributed by atoms with Gasteiger partial charge in [-0.2, -0.15) is 0 Å². The number of nitrogens with one attached hydrogen (secondary N) is 1. The Kier molecular flexibility index (Phi) is 5.01. The van der Waals surface area contributed by atoms with Crippen LogP contribution in [0.1, 0.15) is 21.1 Å². The molecule has 1 aromatic heterocycles. The second-order valence-electron chi connectivity index (χ2n) is 4.05. The zero-order valence-electron chi connectivity index (χ0n) is 10.3. The Hall–Kier alpha value is -0.850. The molecule has 0 aliphatic rings. The first-order valence-electron chi connectivity index (χ1n) is 5.74. The number of aryl methyl sites for hydroxylation is 1. The van der Waals surface area contributed by atoms with Gasteiger partial charge >= 0.3 is 0 Å². The molecule has 1 amide bonds. The van der Waals surface area contributed by atoms with Gasteiger partial charge in [-0.1, -0.05) is 15.9 Å². The van der Waals surface area contributed by atoms with E-state index >= 15 is 0 Å². The standard InChI is InChI=1S/C13H13BrN2OS2/c1-8-7-19-12(16-8)4-5-15-13(17)10-3-2-9(14)6-11(10)18/h2-3,6-7,18H,4-5H2,1H3,(H,15,17). The zero-order chi connectivity index (χ0) is 13.8. The van der Waals surface area contributed by atoms with Gasteiger partial charge in [-0.25, -0.2) is 4.98 Å². The summed E-state index contributed by atoms with van der Waals surface area (Å²) in [6.07, 6.45) is 0.753. The van der Waals surface area contributed by atoms with Gasteiger partial charge in [-0.05, 0) is 25.1 Å². The number of carbonyl (C=O) groups is 1. The second-order valence-corrected chi connectivity index (χ2v) is 6.39. The van der Waals surface area contributed by atoms with Crippen molar-refractivity contribution in [3.05, 3.63) is 44.3 Å². The number of hydrogen-bond acceptors (Lipinski definition) is 4. The number of aromatic nitrogens is 1. The number of halogens is 1. The Bertz CT molecular complexity index is 598. The summed E-state index contributed by atoms with van der Waals surface area (Å²) in [6, 6.07) is 5.40. The molecule has 0 aliphatic carbocycles. The maximum Gasteiger partial charge on any atom is 0.252 e. The van der Waals surface area contributed by atoms with E-state index in [4.69, 9.17) is 0 Å². The molecule has 0 aliphatic heterocycles. The second kappa shape index (κ2) is 6.54. The van der Waals surface area contributed by atoms with Crippen LogP contribution in [0.15, 0.2) is 32.9 Å². The van der Waals surface area contributed by atoms with Gasteiger partial charge in [0.05, 0.1) is 10.6 Å². The van der Waals surface area contributed by atoms with E-state index in [-0.39, 0.29) is 5.91 Å². The molecular formula is C13H13BrN2OS2. The van der Waals surface area contributed by atoms with Crippen molar-refractivity contribution >= 4 is 45.8 Å². The van der Waals surface area contributed by atoms with Gasteiger partial charge in [-0.15, -0.1) is 24.0 Å². The van der Waals surface area contributed by atoms with Crippen LogP contribution in [-0.4, -0.2) is 17.4 Å². The Morgan fingerprint density at radius 1 is 1.53 bits per heavy atom. The average Bonchev–Trinajstić information content (AvgIpc) is 2.75. The Balaban J connectivity index is 1.90. The van der Waals surface area contributed by atoms with Gasteiger partial charge in [0.1, 0.15) is 0 Å². The predicted octanol–water partition coefficient (Wildman–Crippen LogP) is 3.48. The van der Waals surface area contributed by atoms with Crippen LogP contribution in [-0.2, 0) is 6.42 Å². The highest BCUT2D eigenvalue weighted by atomic mass is 79.9. The number of carbonyl (C=O) groups excluding carboxylic acids is 1. The van der Waals surface area contributed by atoms with Crippen LogP contribution in [0.5, 0.6) is 0 Å². The molecular weight excluding hydrogens is 344 g/mol. The molecule has 0 unspecified atom stereocenters. The van der Waals surface area contributed by atoms with Crippen LogP contribution in [0.2, 0.25) is 0 Å². The fourth-order valence-electron chi connectivity index (χ4n) is 1.59. The fraction of sp³-hybridized carbons (Fsp3) is 0.231. The lowest BCUT2D eigenvalue weighted by molar-refractivity contribution is 0.0951. The molecule has 2 rings (SSSR count). The zero-order valence-corrected chi connectivity index (χ0v) is 13.6. The molecule has 100 valence electrons. The van der Waals surface area contributed by atoms with Crippen molar-refractivity contribution in [2.24, 2.45) is 0 Å². The molecule has 2 aromatic rings. The Morgan fingerprint density at radius 2 is 2.32 bits per heavy atom. The van der Waals surface area contributed by atoms with Crippen LogP contribution < -0.4 is 5.32 Å². The van der Waals surface area contributed by atoms with E-state index in [1.165, 1.54) is 0 Å². The van der Waals surface area contributed by atoms with E-state index in [2.05, 4.69) is 38.9 Å². The summed E-state index contributed by atoms with van der Waals surface area (Å²) in [7, 11) is 0. The highest BCUT2D eigenvalue weighted by Gasteiger charge is 2.09. The summed E-state index contributed by atoms with van der Waals surface area (Å²) >= 11 is 9.26. The lowest BCUT2D eigenvalue weighted by atomic mass is 10.2. The molecule has 0 saturated heterocycles. The first-order chi connectivity index (χ1) is 9.06. The number of benzene rings is 1. The molecule has 1 heterocycles. The van der Waals surface area contributed by atoms with E-state index in [1.54, 1.807) is 17.4 Å². The third kappa shape index (κ3) is 4.06. The molecule has 1 aromatic carbocycles. The SMILES string of the molecule is Cc1csc(CCNC(=O)c2ccc(Br)cc2S)n1. The highest BCUT2D eigenvalue weighted by Crippen LogP contribution is 2.19. The van der Waals surface area contributed by atoms with Crippen LogP contribution >= 0.6 is 39.9 Å². The molecule has 0 spiro atoms. The summed E-state index contributed by atoms with van der Waals surface area (Å²) in [5, 5.41) is 5.93. The van der Waals surface area contributed by atoms with Crippen molar-refractivity contribution < 1.29 is 4.79 Å². The summed E-state index contributed by atoms with van der Waals surface area (Å²) in [5.74, 6) is -0.106. The van der Waals surface area contributed by atoms with Crippen molar-refractivity contribution in [3.63, 3.8) is 0 Å². The van der Waals surface area contributed by atoms with Crippen molar-refractivity contribution in [2.75, 3.05) is 6.54 Å². The average molecular weight is 357 g/mol. The largest absolute Gasteiger partial charge is 0.352 e. The number of thiazole rings is 1. The van der Waals surface area contributed by atoms with Crippen molar-refractivity contribution in [1.82, 2.24) is 10.3 Å². The third-order valence-corrected chi connectivity index (χ3v) is 4.39. The smallest absolute Gasteiger partial charge is 0.252 e. The highest BCUT2D eigenvalue weighted by molar-refractivity contribution is 9.10. The molecule has 1 N–H and O–H groups in total. The molecule has 0 saturated carbocycles. The topological polar surface area (TPSA) is 42.0 Å². The van der Waals surface area contributed by atoms with Gasteiger partial charge in [0, 0.05) is 33.4 Å². The minimum Gasteiger partial charge on any atom is -0.352 e. The van der Waals surface area contributed by atoms with E-state index in [0.717, 1.165) is 21.6 Å². The van der Waals surface area contributed by atoms with Crippen LogP contribution in [0, 0.1) is 6.92 Å². The summed E-state index contributed by atoms with van der Waals surface area (Å²) in [5.41, 5.74) is 1.61. The number of rotatable bonds is 4. The predicted molar refractivity (Wildman–Crippen MR) is 84.3 cm³/mol. The lowest BCUT2D eigenvalue weighted by Gasteiger charge is -2.06. The number of thiol groups is 1. The van der Waals surface area contributed by atoms with Gasteiger partial charge in [-0.3, -0.25) is 4.79 Å². The molecule has 0 atom stereocenters. The summed E-state index contributed by atoms with van der Waals surface area (Å²) < 4.78 is 0.910. The lowest BCUT2D eigenvalue weighted by Crippen LogP contribution is -2.26. The van der Waals surface area contributed by atoms with Gasteiger partial charge in [0.25, 0.3) is 5.91 Å². The van der Waals surface area contributed by atoms with Crippen molar-refractivity contribution in [1.29, 1.82) is 0 Å². The minimum atomic E-state index is -0.106. The molecule has 6 heteroatoms. The van der Waals surface area contributed by atoms with Gasteiger partial charge < -0.3 is 5.32 Å². The summed E-state index contributed by atoms with van der Waals surface area (Å²) in [6.45, 7) is 2.54. The van der Waals surface area contributed by atoms with Crippen molar-refractivity contribution in [2.45, 2.75) is 18.2 Å². The Morgan fingerprint density at radius 3 is 2.95 bits per heavy atom. The van der Waals surface area contributed by atoms with Crippen LogP contribution in [0.4, 0.5) is 0 Å². The molecule has 0 radical (unpaired) electrons. The van der Waals surface area contributed by atoms with Crippen molar-refractivity contribution in [3.8, 4) is 0 Å². The molecule has 3 nitrogen and oxygen atoms in total. The maximum atomic E-state index is 12.0. The van der Waals surface area contributed by atoms with E-state index < -0.39 is 0 Å². The monoisotopic (exact) mass is 356 g/mol. The van der Waals surface area contributed by atoms with E-state index in [0.29, 0.717) is 17.0 Å². The first-order valence-corrected chi connectivity index (χ1v) is 7.86. The minimum absolute atomic E-state index is 0.106. The quantitative estimate of drug-likeness (QED) is 0.823. The van der Waals surface area contributed by atoms with Gasteiger partial charge in [0.2, 0.25) is 0 Å². The fourth-order valence-corrected chi connectivity index (χ4v) is 3.22. The van der Waals surface area contributed by atoms with Gasteiger partial charge in [0.15, 0.2) is 0 Å². The van der Waals surface area contributed by atoms with Crippen LogP contribution in [0.3, 0.4) is 0 Å². The van der Waals surface area contributed by atoms with E-state index in [1.807, 2.05) is 24.4 Å². The van der Waals surface area contributed by atoms with E-state index in [9.17, 15) is 4.79 Å². The maximum absolute atomic E-state index is 12.0. The summed E-state index contributed by atoms with van der Waals surface area (Å²) in [4.78, 5) is 17.0. The molecule has 0 bridgehead atoms. The number of nitrogens with zero attached hydrogens (tertiary/aromatic N) is 1. The first kappa shape index (κ1) is 14.6. The third-order valence-electron chi connectivity index (χ3n) is 2.50. The molecule has 0 fully saturated rings. The number of amides is 1. The number of hydrogen-bond donors (Lipinski definition) is 2. The normalized spacial score (nSPS) is 10.5. The van der Waals surface area contributed by atoms with Crippen LogP contribution in [0.25, 0.3) is 0 Å².